The van der Waals surface area contributed by atoms with Crippen molar-refractivity contribution in [3.05, 3.63) is 57.8 Å². The number of carbonyl (C=O) groups is 1. The number of nitrogens with zero attached hydrogens (tertiary/aromatic N) is 4. The summed E-state index contributed by atoms with van der Waals surface area (Å²) in [5.41, 5.74) is 5.82. The molecule has 134 valence electrons. The van der Waals surface area contributed by atoms with Gasteiger partial charge in [0.25, 0.3) is 0 Å². The molecule has 0 saturated heterocycles. The molecule has 1 heterocycles. The summed E-state index contributed by atoms with van der Waals surface area (Å²) in [6.45, 7) is 2.09. The predicted octanol–water partition coefficient (Wildman–Crippen LogP) is 2.61. The molecule has 0 aromatic heterocycles. The summed E-state index contributed by atoms with van der Waals surface area (Å²) in [6.07, 6.45) is 1.78. The van der Waals surface area contributed by atoms with Gasteiger partial charge in [0.1, 0.15) is 6.07 Å². The standard InChI is InChI=1S/C20H16ClN5O/c1-12(27)26-7-6-13-15(8-22)19(25)20(10-23,11-24)18(16(13)9-26)14-4-2-3-5-17(14)21/h2-6,16,18H,7,9,25H2,1H3/t16-,18+/m1/s1. The molecule has 1 aliphatic heterocycles. The normalized spacial score (nSPS) is 23.4. The Morgan fingerprint density at radius 2 is 1.96 bits per heavy atom. The molecule has 2 atom stereocenters. The first-order chi connectivity index (χ1) is 12.9. The number of hydrogen-bond donors (Lipinski definition) is 1. The lowest BCUT2D eigenvalue weighted by molar-refractivity contribution is -0.129. The summed E-state index contributed by atoms with van der Waals surface area (Å²) >= 11 is 6.41. The van der Waals surface area contributed by atoms with E-state index in [1.807, 2.05) is 12.1 Å². The maximum Gasteiger partial charge on any atom is 0.219 e. The van der Waals surface area contributed by atoms with Crippen molar-refractivity contribution in [1.29, 1.82) is 15.8 Å². The summed E-state index contributed by atoms with van der Waals surface area (Å²) in [5.74, 6) is -1.26. The second-order valence-corrected chi connectivity index (χ2v) is 7.03. The van der Waals surface area contributed by atoms with E-state index in [4.69, 9.17) is 17.3 Å². The van der Waals surface area contributed by atoms with Crippen LogP contribution in [0.25, 0.3) is 0 Å². The number of nitriles is 3. The topological polar surface area (TPSA) is 118 Å². The zero-order chi connectivity index (χ0) is 19.8. The van der Waals surface area contributed by atoms with Crippen LogP contribution in [-0.2, 0) is 4.79 Å². The minimum atomic E-state index is -1.75. The maximum absolute atomic E-state index is 11.9. The Bertz CT molecular complexity index is 990. The van der Waals surface area contributed by atoms with Crippen molar-refractivity contribution in [2.24, 2.45) is 17.1 Å². The van der Waals surface area contributed by atoms with Gasteiger partial charge in [-0.05, 0) is 17.2 Å². The number of rotatable bonds is 1. The molecule has 1 aromatic rings. The molecule has 0 fully saturated rings. The number of hydrogen-bond acceptors (Lipinski definition) is 5. The van der Waals surface area contributed by atoms with Crippen molar-refractivity contribution in [3.63, 3.8) is 0 Å². The molecule has 0 spiro atoms. The molecule has 3 rings (SSSR count). The highest BCUT2D eigenvalue weighted by atomic mass is 35.5. The van der Waals surface area contributed by atoms with Crippen LogP contribution >= 0.6 is 11.6 Å². The molecule has 1 aromatic carbocycles. The number of fused-ring (bicyclic) bond motifs is 1. The Balaban J connectivity index is 2.35. The first kappa shape index (κ1) is 18.5. The lowest BCUT2D eigenvalue weighted by atomic mass is 9.58. The monoisotopic (exact) mass is 377 g/mol. The van der Waals surface area contributed by atoms with Crippen LogP contribution in [0.4, 0.5) is 0 Å². The van der Waals surface area contributed by atoms with Crippen molar-refractivity contribution in [1.82, 2.24) is 4.90 Å². The third kappa shape index (κ3) is 2.65. The van der Waals surface area contributed by atoms with Crippen LogP contribution < -0.4 is 5.73 Å². The molecule has 1 amide bonds. The number of nitrogens with two attached hydrogens (primary N) is 1. The third-order valence-corrected chi connectivity index (χ3v) is 5.69. The van der Waals surface area contributed by atoms with E-state index in [9.17, 15) is 20.6 Å². The van der Waals surface area contributed by atoms with Gasteiger partial charge in [-0.2, -0.15) is 15.8 Å². The molecule has 0 saturated carbocycles. The molecule has 0 radical (unpaired) electrons. The Labute approximate surface area is 162 Å². The molecule has 0 bridgehead atoms. The smallest absolute Gasteiger partial charge is 0.219 e. The fourth-order valence-electron chi connectivity index (χ4n) is 4.01. The highest BCUT2D eigenvalue weighted by molar-refractivity contribution is 6.31. The van der Waals surface area contributed by atoms with Gasteiger partial charge in [-0.15, -0.1) is 0 Å². The average Bonchev–Trinajstić information content (AvgIpc) is 2.67. The largest absolute Gasteiger partial charge is 0.399 e. The van der Waals surface area contributed by atoms with Crippen LogP contribution in [0.3, 0.4) is 0 Å². The average molecular weight is 378 g/mol. The van der Waals surface area contributed by atoms with Crippen molar-refractivity contribution < 1.29 is 4.79 Å². The van der Waals surface area contributed by atoms with Crippen LogP contribution in [0, 0.1) is 45.3 Å². The van der Waals surface area contributed by atoms with E-state index in [1.54, 1.807) is 35.2 Å². The van der Waals surface area contributed by atoms with Crippen LogP contribution in [0.15, 0.2) is 47.2 Å². The van der Waals surface area contributed by atoms with Gasteiger partial charge in [0, 0.05) is 36.9 Å². The second kappa shape index (κ2) is 6.80. The molecule has 27 heavy (non-hydrogen) atoms. The Morgan fingerprint density at radius 3 is 2.52 bits per heavy atom. The van der Waals surface area contributed by atoms with Gasteiger partial charge >= 0.3 is 0 Å². The number of carbonyl (C=O) groups excluding carboxylic acids is 1. The van der Waals surface area contributed by atoms with E-state index in [1.165, 1.54) is 6.92 Å². The number of allylic oxidation sites excluding steroid dienone is 2. The minimum Gasteiger partial charge on any atom is -0.399 e. The summed E-state index contributed by atoms with van der Waals surface area (Å²) in [6, 6.07) is 13.1. The minimum absolute atomic E-state index is 0.0568. The van der Waals surface area contributed by atoms with Crippen LogP contribution in [0.5, 0.6) is 0 Å². The number of halogens is 1. The second-order valence-electron chi connectivity index (χ2n) is 6.62. The van der Waals surface area contributed by atoms with Crippen LogP contribution in [0.2, 0.25) is 5.02 Å². The molecule has 0 unspecified atom stereocenters. The van der Waals surface area contributed by atoms with E-state index in [-0.39, 0.29) is 23.7 Å². The zero-order valence-corrected chi connectivity index (χ0v) is 15.4. The summed E-state index contributed by atoms with van der Waals surface area (Å²) in [7, 11) is 0. The SMILES string of the molecule is CC(=O)N1CC=C2C(C#N)=C(N)C(C#N)(C#N)[C@@H](c3ccccc3Cl)[C@@H]2C1. The third-order valence-electron chi connectivity index (χ3n) is 5.35. The maximum atomic E-state index is 11.9. The van der Waals surface area contributed by atoms with Gasteiger partial charge in [0.05, 0.1) is 23.4 Å². The lowest BCUT2D eigenvalue weighted by Crippen LogP contribution is -2.49. The fraction of sp³-hybridized carbons (Fsp3) is 0.300. The predicted molar refractivity (Wildman–Crippen MR) is 98.5 cm³/mol. The van der Waals surface area contributed by atoms with E-state index >= 15 is 0 Å². The van der Waals surface area contributed by atoms with Gasteiger partial charge in [-0.25, -0.2) is 0 Å². The van der Waals surface area contributed by atoms with Crippen molar-refractivity contribution in [2.45, 2.75) is 12.8 Å². The molecule has 6 nitrogen and oxygen atoms in total. The van der Waals surface area contributed by atoms with E-state index in [0.717, 1.165) is 0 Å². The van der Waals surface area contributed by atoms with Gasteiger partial charge in [0.2, 0.25) is 5.91 Å². The van der Waals surface area contributed by atoms with E-state index < -0.39 is 17.3 Å². The van der Waals surface area contributed by atoms with Crippen LogP contribution in [-0.4, -0.2) is 23.9 Å². The lowest BCUT2D eigenvalue weighted by Gasteiger charge is -2.45. The summed E-state index contributed by atoms with van der Waals surface area (Å²) in [4.78, 5) is 13.6. The van der Waals surface area contributed by atoms with Gasteiger partial charge < -0.3 is 10.6 Å². The Hall–Kier alpha value is -3.27. The first-order valence-corrected chi connectivity index (χ1v) is 8.72. The summed E-state index contributed by atoms with van der Waals surface area (Å²) < 4.78 is 0. The van der Waals surface area contributed by atoms with Crippen molar-refractivity contribution in [2.75, 3.05) is 13.1 Å². The van der Waals surface area contributed by atoms with E-state index in [0.29, 0.717) is 22.7 Å². The van der Waals surface area contributed by atoms with Gasteiger partial charge in [-0.1, -0.05) is 35.9 Å². The van der Waals surface area contributed by atoms with Gasteiger partial charge in [0.15, 0.2) is 5.41 Å². The number of benzene rings is 1. The Morgan fingerprint density at radius 1 is 1.30 bits per heavy atom. The summed E-state index contributed by atoms with van der Waals surface area (Å²) in [5, 5.41) is 30.0. The molecular weight excluding hydrogens is 362 g/mol. The molecule has 1 aliphatic carbocycles. The molecule has 7 heteroatoms. The highest BCUT2D eigenvalue weighted by Crippen LogP contribution is 2.55. The van der Waals surface area contributed by atoms with Gasteiger partial charge in [-0.3, -0.25) is 4.79 Å². The van der Waals surface area contributed by atoms with E-state index in [2.05, 4.69) is 6.07 Å². The van der Waals surface area contributed by atoms with Crippen LogP contribution in [0.1, 0.15) is 18.4 Å². The van der Waals surface area contributed by atoms with Crippen molar-refractivity contribution in [3.8, 4) is 18.2 Å². The molecular formula is C20H16ClN5O. The Kier molecular flexibility index (Phi) is 4.66. The molecule has 2 N–H and O–H groups in total. The highest BCUT2D eigenvalue weighted by Gasteiger charge is 2.55. The fourth-order valence-corrected chi connectivity index (χ4v) is 4.26. The number of amides is 1. The quantitative estimate of drug-likeness (QED) is 0.806. The molecule has 2 aliphatic rings. The van der Waals surface area contributed by atoms with Crippen molar-refractivity contribution >= 4 is 17.5 Å². The zero-order valence-electron chi connectivity index (χ0n) is 14.6. The first-order valence-electron chi connectivity index (χ1n) is 8.34.